The fourth-order valence-corrected chi connectivity index (χ4v) is 5.64. The number of benzene rings is 1. The molecule has 3 aromatic rings. The van der Waals surface area contributed by atoms with E-state index >= 15 is 0 Å². The number of aliphatic hydroxyl groups is 1. The number of rotatable bonds is 6. The summed E-state index contributed by atoms with van der Waals surface area (Å²) in [5, 5.41) is 20.6. The van der Waals surface area contributed by atoms with Crippen molar-refractivity contribution in [1.29, 1.82) is 0 Å². The SMILES string of the molecule is CN=C(NCC(O)c1cc2ccccc2s1)NCC(C)N1CCc2sccc2C1.I. The molecule has 3 heterocycles. The Kier molecular flexibility index (Phi) is 8.52. The molecule has 2 unspecified atom stereocenters. The highest BCUT2D eigenvalue weighted by Gasteiger charge is 2.21. The van der Waals surface area contributed by atoms with Crippen LogP contribution < -0.4 is 10.6 Å². The molecule has 0 spiro atoms. The van der Waals surface area contributed by atoms with E-state index in [1.165, 1.54) is 20.5 Å². The first kappa shape index (κ1) is 23.5. The van der Waals surface area contributed by atoms with Crippen LogP contribution in [0.4, 0.5) is 0 Å². The molecule has 2 aromatic heterocycles. The van der Waals surface area contributed by atoms with Gasteiger partial charge >= 0.3 is 0 Å². The van der Waals surface area contributed by atoms with Crippen LogP contribution in [0.3, 0.4) is 0 Å². The zero-order valence-electron chi connectivity index (χ0n) is 17.3. The van der Waals surface area contributed by atoms with Gasteiger partial charge in [0.05, 0.1) is 0 Å². The van der Waals surface area contributed by atoms with Crippen molar-refractivity contribution in [2.24, 2.45) is 4.99 Å². The third-order valence-electron chi connectivity index (χ3n) is 5.48. The highest BCUT2D eigenvalue weighted by Crippen LogP contribution is 2.29. The lowest BCUT2D eigenvalue weighted by Crippen LogP contribution is -2.47. The van der Waals surface area contributed by atoms with Crippen molar-refractivity contribution in [2.45, 2.75) is 32.0 Å². The maximum atomic E-state index is 10.6. The third-order valence-corrected chi connectivity index (χ3v) is 7.73. The first-order valence-corrected chi connectivity index (χ1v) is 11.7. The number of guanidine groups is 1. The zero-order chi connectivity index (χ0) is 20.2. The van der Waals surface area contributed by atoms with E-state index in [1.54, 1.807) is 18.4 Å². The molecule has 1 aliphatic rings. The smallest absolute Gasteiger partial charge is 0.191 e. The number of hydrogen-bond donors (Lipinski definition) is 3. The molecule has 8 heteroatoms. The molecule has 0 radical (unpaired) electrons. The number of nitrogens with zero attached hydrogens (tertiary/aromatic N) is 2. The van der Waals surface area contributed by atoms with Gasteiger partial charge in [-0.05, 0) is 47.9 Å². The predicted molar refractivity (Wildman–Crippen MR) is 139 cm³/mol. The summed E-state index contributed by atoms with van der Waals surface area (Å²) in [5.41, 5.74) is 1.47. The van der Waals surface area contributed by atoms with E-state index in [0.29, 0.717) is 12.6 Å². The summed E-state index contributed by atoms with van der Waals surface area (Å²) in [6.07, 6.45) is 0.591. The Morgan fingerprint density at radius 1 is 1.23 bits per heavy atom. The molecule has 0 bridgehead atoms. The summed E-state index contributed by atoms with van der Waals surface area (Å²) in [5.74, 6) is 0.727. The minimum Gasteiger partial charge on any atom is -0.386 e. The van der Waals surface area contributed by atoms with Gasteiger partial charge in [0.1, 0.15) is 6.10 Å². The summed E-state index contributed by atoms with van der Waals surface area (Å²) in [7, 11) is 1.77. The number of nitrogens with one attached hydrogen (secondary N) is 2. The van der Waals surface area contributed by atoms with Crippen molar-refractivity contribution < 1.29 is 5.11 Å². The second-order valence-corrected chi connectivity index (χ2v) is 9.59. The molecule has 5 nitrogen and oxygen atoms in total. The number of thiophene rings is 2. The van der Waals surface area contributed by atoms with Gasteiger partial charge in [0.25, 0.3) is 0 Å². The van der Waals surface area contributed by atoms with Crippen LogP contribution in [0.1, 0.15) is 28.3 Å². The van der Waals surface area contributed by atoms with Crippen LogP contribution in [0.5, 0.6) is 0 Å². The van der Waals surface area contributed by atoms with Gasteiger partial charge < -0.3 is 15.7 Å². The molecule has 4 rings (SSSR count). The van der Waals surface area contributed by atoms with Gasteiger partial charge in [-0.2, -0.15) is 0 Å². The molecule has 0 amide bonds. The van der Waals surface area contributed by atoms with E-state index in [1.807, 2.05) is 23.5 Å². The molecular formula is C22H29IN4OS2. The van der Waals surface area contributed by atoms with Crippen LogP contribution in [0.15, 0.2) is 46.8 Å². The van der Waals surface area contributed by atoms with Crippen LogP contribution in [-0.4, -0.2) is 48.7 Å². The zero-order valence-corrected chi connectivity index (χ0v) is 21.3. The maximum absolute atomic E-state index is 10.6. The third kappa shape index (κ3) is 5.53. The summed E-state index contributed by atoms with van der Waals surface area (Å²) in [4.78, 5) is 9.34. The average molecular weight is 557 g/mol. The normalized spacial score (nSPS) is 16.6. The van der Waals surface area contributed by atoms with Gasteiger partial charge in [-0.15, -0.1) is 46.7 Å². The molecule has 2 atom stereocenters. The molecular weight excluding hydrogens is 527 g/mol. The highest BCUT2D eigenvalue weighted by molar-refractivity contribution is 14.0. The Morgan fingerprint density at radius 2 is 2.03 bits per heavy atom. The molecule has 1 aliphatic heterocycles. The number of halogens is 1. The van der Waals surface area contributed by atoms with Crippen molar-refractivity contribution in [1.82, 2.24) is 15.5 Å². The quantitative estimate of drug-likeness (QED) is 0.242. The minimum absolute atomic E-state index is 0. The van der Waals surface area contributed by atoms with E-state index in [0.717, 1.165) is 36.9 Å². The fraction of sp³-hybridized carbons (Fsp3) is 0.409. The van der Waals surface area contributed by atoms with E-state index < -0.39 is 6.10 Å². The maximum Gasteiger partial charge on any atom is 0.191 e. The monoisotopic (exact) mass is 556 g/mol. The Labute approximate surface area is 203 Å². The summed E-state index contributed by atoms with van der Waals surface area (Å²) < 4.78 is 1.20. The number of aliphatic hydroxyl groups excluding tert-OH is 1. The summed E-state index contributed by atoms with van der Waals surface area (Å²) in [6.45, 7) is 5.63. The van der Waals surface area contributed by atoms with Gasteiger partial charge in [-0.25, -0.2) is 0 Å². The molecule has 0 saturated heterocycles. The van der Waals surface area contributed by atoms with Crippen molar-refractivity contribution >= 4 is 62.7 Å². The van der Waals surface area contributed by atoms with Crippen LogP contribution in [-0.2, 0) is 13.0 Å². The van der Waals surface area contributed by atoms with Crippen molar-refractivity contribution in [2.75, 3.05) is 26.7 Å². The molecule has 1 aromatic carbocycles. The first-order chi connectivity index (χ1) is 14.1. The van der Waals surface area contributed by atoms with Crippen molar-refractivity contribution in [3.63, 3.8) is 0 Å². The van der Waals surface area contributed by atoms with Crippen molar-refractivity contribution in [3.05, 3.63) is 57.1 Å². The summed E-state index contributed by atoms with van der Waals surface area (Å²) >= 11 is 3.52. The van der Waals surface area contributed by atoms with E-state index in [2.05, 4.69) is 57.1 Å². The van der Waals surface area contributed by atoms with E-state index in [9.17, 15) is 5.11 Å². The van der Waals surface area contributed by atoms with Crippen LogP contribution in [0.25, 0.3) is 10.1 Å². The number of aliphatic imine (C=N–C) groups is 1. The van der Waals surface area contributed by atoms with Crippen LogP contribution in [0.2, 0.25) is 0 Å². The average Bonchev–Trinajstić information content (AvgIpc) is 3.39. The predicted octanol–water partition coefficient (Wildman–Crippen LogP) is 4.23. The highest BCUT2D eigenvalue weighted by atomic mass is 127. The first-order valence-electron chi connectivity index (χ1n) is 10.0. The van der Waals surface area contributed by atoms with Gasteiger partial charge in [-0.1, -0.05) is 18.2 Å². The molecule has 3 N–H and O–H groups in total. The fourth-order valence-electron chi connectivity index (χ4n) is 3.70. The second-order valence-electron chi connectivity index (χ2n) is 7.47. The minimum atomic E-state index is -0.553. The number of hydrogen-bond acceptors (Lipinski definition) is 5. The van der Waals surface area contributed by atoms with Gasteiger partial charge in [-0.3, -0.25) is 9.89 Å². The summed E-state index contributed by atoms with van der Waals surface area (Å²) in [6, 6.07) is 13.0. The van der Waals surface area contributed by atoms with Crippen LogP contribution in [0, 0.1) is 0 Å². The lowest BCUT2D eigenvalue weighted by atomic mass is 10.1. The largest absolute Gasteiger partial charge is 0.386 e. The van der Waals surface area contributed by atoms with E-state index in [-0.39, 0.29) is 24.0 Å². The Balaban J connectivity index is 0.00000256. The Hall–Kier alpha value is -1.20. The topological polar surface area (TPSA) is 59.9 Å². The van der Waals surface area contributed by atoms with Crippen LogP contribution >= 0.6 is 46.7 Å². The molecule has 162 valence electrons. The molecule has 0 fully saturated rings. The van der Waals surface area contributed by atoms with E-state index in [4.69, 9.17) is 0 Å². The van der Waals surface area contributed by atoms with Crippen molar-refractivity contribution in [3.8, 4) is 0 Å². The van der Waals surface area contributed by atoms with Gasteiger partial charge in [0.15, 0.2) is 5.96 Å². The molecule has 0 saturated carbocycles. The second kappa shape index (κ2) is 10.9. The standard InChI is InChI=1S/C22H28N4OS2.HI/c1-15(26-9-7-19-17(14-26)8-10-28-19)12-24-22(23-2)25-13-18(27)21-11-16-5-3-4-6-20(16)29-21;/h3-6,8,10-11,15,18,27H,7,9,12-14H2,1-2H3,(H2,23,24,25);1H. The molecule has 30 heavy (non-hydrogen) atoms. The van der Waals surface area contributed by atoms with Gasteiger partial charge in [0.2, 0.25) is 0 Å². The molecule has 0 aliphatic carbocycles. The lowest BCUT2D eigenvalue weighted by molar-refractivity contribution is 0.183. The lowest BCUT2D eigenvalue weighted by Gasteiger charge is -2.32. The Bertz CT molecular complexity index is 953. The van der Waals surface area contributed by atoms with Gasteiger partial charge in [0, 0.05) is 53.7 Å². The number of fused-ring (bicyclic) bond motifs is 2. The Morgan fingerprint density at radius 3 is 2.83 bits per heavy atom.